The number of carbonyl (C=O) groups excluding carboxylic acids is 2. The summed E-state index contributed by atoms with van der Waals surface area (Å²) in [6.07, 6.45) is 3.21. The Morgan fingerprint density at radius 3 is 2.86 bits per heavy atom. The molecule has 1 fully saturated rings. The Morgan fingerprint density at radius 2 is 2.19 bits per heavy atom. The molecule has 7 nitrogen and oxygen atoms in total. The summed E-state index contributed by atoms with van der Waals surface area (Å²) < 4.78 is 0. The first kappa shape index (κ1) is 15.6. The molecule has 1 aliphatic carbocycles. The first-order chi connectivity index (χ1) is 10.1. The van der Waals surface area contributed by atoms with Gasteiger partial charge in [-0.2, -0.15) is 0 Å². The van der Waals surface area contributed by atoms with E-state index in [4.69, 9.17) is 5.73 Å². The van der Waals surface area contributed by atoms with Crippen molar-refractivity contribution in [2.45, 2.75) is 38.6 Å². The predicted octanol–water partition coefficient (Wildman–Crippen LogP) is 0.946. The lowest BCUT2D eigenvalue weighted by molar-refractivity contribution is -0.121. The summed E-state index contributed by atoms with van der Waals surface area (Å²) in [7, 11) is 0. The molecule has 0 saturated heterocycles. The zero-order valence-electron chi connectivity index (χ0n) is 12.1. The van der Waals surface area contributed by atoms with Crippen molar-refractivity contribution in [2.24, 2.45) is 0 Å². The average Bonchev–Trinajstić information content (AvgIpc) is 3.17. The summed E-state index contributed by atoms with van der Waals surface area (Å²) in [5.41, 5.74) is 5.72. The van der Waals surface area contributed by atoms with Crippen LogP contribution in [0.25, 0.3) is 0 Å². The van der Waals surface area contributed by atoms with E-state index in [1.165, 1.54) is 11.3 Å². The number of aromatic nitrogens is 1. The van der Waals surface area contributed by atoms with Crippen LogP contribution in [0.3, 0.4) is 0 Å². The highest BCUT2D eigenvalue weighted by Crippen LogP contribution is 2.24. The Hall–Kier alpha value is -1.83. The molecule has 0 aromatic carbocycles. The first-order valence-corrected chi connectivity index (χ1v) is 7.99. The lowest BCUT2D eigenvalue weighted by Gasteiger charge is -2.04. The molecule has 0 aliphatic heterocycles. The molecule has 0 radical (unpaired) electrons. The third-order valence-electron chi connectivity index (χ3n) is 3.00. The number of nitrogens with one attached hydrogen (secondary N) is 3. The lowest BCUT2D eigenvalue weighted by Crippen LogP contribution is -2.28. The first-order valence-electron chi connectivity index (χ1n) is 7.18. The van der Waals surface area contributed by atoms with Crippen LogP contribution < -0.4 is 21.7 Å². The normalized spacial score (nSPS) is 13.8. The minimum absolute atomic E-state index is 0.0542. The highest BCUT2D eigenvalue weighted by atomic mass is 32.1. The van der Waals surface area contributed by atoms with Gasteiger partial charge in [0.05, 0.1) is 0 Å². The largest absolute Gasteiger partial charge is 0.382 e. The van der Waals surface area contributed by atoms with Gasteiger partial charge in [-0.15, -0.1) is 0 Å². The molecule has 5 N–H and O–H groups in total. The number of anilines is 2. The van der Waals surface area contributed by atoms with Gasteiger partial charge in [-0.3, -0.25) is 9.59 Å². The van der Waals surface area contributed by atoms with Crippen LogP contribution in [0.4, 0.5) is 10.9 Å². The van der Waals surface area contributed by atoms with Crippen molar-refractivity contribution in [3.63, 3.8) is 0 Å². The van der Waals surface area contributed by atoms with Gasteiger partial charge in [0.25, 0.3) is 5.91 Å². The second-order valence-corrected chi connectivity index (χ2v) is 5.96. The number of hydrogen-bond acceptors (Lipinski definition) is 6. The van der Waals surface area contributed by atoms with Crippen LogP contribution in [-0.2, 0) is 4.79 Å². The molecule has 1 aromatic rings. The summed E-state index contributed by atoms with van der Waals surface area (Å²) >= 11 is 1.23. The van der Waals surface area contributed by atoms with E-state index in [1.807, 2.05) is 6.92 Å². The molecule has 2 amide bonds. The van der Waals surface area contributed by atoms with E-state index in [0.717, 1.165) is 19.4 Å². The summed E-state index contributed by atoms with van der Waals surface area (Å²) in [6.45, 7) is 3.12. The quantitative estimate of drug-likeness (QED) is 0.534. The molecule has 116 valence electrons. The smallest absolute Gasteiger partial charge is 0.265 e. The molecule has 1 aromatic heterocycles. The van der Waals surface area contributed by atoms with Gasteiger partial charge in [-0.05, 0) is 26.2 Å². The van der Waals surface area contributed by atoms with Gasteiger partial charge in [0.2, 0.25) is 5.91 Å². The molecule has 1 aliphatic rings. The molecule has 0 bridgehead atoms. The molecule has 0 atom stereocenters. The highest BCUT2D eigenvalue weighted by molar-refractivity contribution is 7.18. The van der Waals surface area contributed by atoms with E-state index in [-0.39, 0.29) is 17.6 Å². The van der Waals surface area contributed by atoms with Gasteiger partial charge in [0.1, 0.15) is 10.7 Å². The maximum atomic E-state index is 12.0. The van der Waals surface area contributed by atoms with Gasteiger partial charge in [0.15, 0.2) is 5.13 Å². The zero-order chi connectivity index (χ0) is 15.2. The van der Waals surface area contributed by atoms with Crippen LogP contribution in [0.5, 0.6) is 0 Å². The Kier molecular flexibility index (Phi) is 5.38. The van der Waals surface area contributed by atoms with Gasteiger partial charge in [-0.25, -0.2) is 4.98 Å². The third kappa shape index (κ3) is 4.89. The Morgan fingerprint density at radius 1 is 1.43 bits per heavy atom. The second kappa shape index (κ2) is 7.26. The van der Waals surface area contributed by atoms with Crippen molar-refractivity contribution in [3.05, 3.63) is 4.88 Å². The number of nitrogens with two attached hydrogens (primary N) is 1. The monoisotopic (exact) mass is 311 g/mol. The van der Waals surface area contributed by atoms with Crippen molar-refractivity contribution in [3.8, 4) is 0 Å². The Bertz CT molecular complexity index is 513. The third-order valence-corrected chi connectivity index (χ3v) is 4.02. The van der Waals surface area contributed by atoms with Gasteiger partial charge in [-0.1, -0.05) is 11.3 Å². The molecule has 1 saturated carbocycles. The number of amides is 2. The molecule has 0 spiro atoms. The summed E-state index contributed by atoms with van der Waals surface area (Å²) in [5, 5.41) is 9.34. The summed E-state index contributed by atoms with van der Waals surface area (Å²) in [4.78, 5) is 27.9. The van der Waals surface area contributed by atoms with Gasteiger partial charge in [0, 0.05) is 25.6 Å². The van der Waals surface area contributed by atoms with Crippen molar-refractivity contribution in [1.82, 2.24) is 15.6 Å². The fourth-order valence-corrected chi connectivity index (χ4v) is 2.65. The minimum Gasteiger partial charge on any atom is -0.382 e. The summed E-state index contributed by atoms with van der Waals surface area (Å²) in [5.74, 6) is 0.0511. The van der Waals surface area contributed by atoms with Gasteiger partial charge < -0.3 is 21.7 Å². The predicted molar refractivity (Wildman–Crippen MR) is 83.4 cm³/mol. The van der Waals surface area contributed by atoms with E-state index in [1.54, 1.807) is 0 Å². The van der Waals surface area contributed by atoms with E-state index >= 15 is 0 Å². The maximum absolute atomic E-state index is 12.0. The molecule has 8 heteroatoms. The molecule has 2 rings (SSSR count). The standard InChI is InChI=1S/C13H21N5O2S/c1-2-15-13-18-11(14)10(21-13)12(20)16-7-3-4-9(19)17-8-5-6-8/h8H,2-7,14H2,1H3,(H,15,18)(H,16,20)(H,17,19). The molecular weight excluding hydrogens is 290 g/mol. The van der Waals surface area contributed by atoms with E-state index in [0.29, 0.717) is 35.4 Å². The van der Waals surface area contributed by atoms with E-state index < -0.39 is 0 Å². The van der Waals surface area contributed by atoms with Crippen LogP contribution in [0.2, 0.25) is 0 Å². The van der Waals surface area contributed by atoms with Crippen molar-refractivity contribution >= 4 is 34.1 Å². The van der Waals surface area contributed by atoms with Crippen LogP contribution in [0.1, 0.15) is 42.3 Å². The molecule has 1 heterocycles. The number of hydrogen-bond donors (Lipinski definition) is 4. The minimum atomic E-state index is -0.239. The Labute approximate surface area is 127 Å². The van der Waals surface area contributed by atoms with Crippen LogP contribution in [0.15, 0.2) is 0 Å². The number of thiazole rings is 1. The number of nitrogen functional groups attached to an aromatic ring is 1. The number of rotatable bonds is 8. The fraction of sp³-hybridized carbons (Fsp3) is 0.615. The highest BCUT2D eigenvalue weighted by Gasteiger charge is 2.22. The van der Waals surface area contributed by atoms with E-state index in [9.17, 15) is 9.59 Å². The average molecular weight is 311 g/mol. The maximum Gasteiger partial charge on any atom is 0.265 e. The van der Waals surface area contributed by atoms with Crippen molar-refractivity contribution < 1.29 is 9.59 Å². The zero-order valence-corrected chi connectivity index (χ0v) is 12.9. The fourth-order valence-electron chi connectivity index (χ4n) is 1.78. The SMILES string of the molecule is CCNc1nc(N)c(C(=O)NCCCC(=O)NC2CC2)s1. The second-order valence-electron chi connectivity index (χ2n) is 4.96. The van der Waals surface area contributed by atoms with Crippen LogP contribution in [0, 0.1) is 0 Å². The topological polar surface area (TPSA) is 109 Å². The van der Waals surface area contributed by atoms with Gasteiger partial charge >= 0.3 is 0 Å². The summed E-state index contributed by atoms with van der Waals surface area (Å²) in [6, 6.07) is 0.383. The molecular formula is C13H21N5O2S. The number of nitrogens with zero attached hydrogens (tertiary/aromatic N) is 1. The van der Waals surface area contributed by atoms with Crippen molar-refractivity contribution in [2.75, 3.05) is 24.1 Å². The van der Waals surface area contributed by atoms with Crippen LogP contribution >= 0.6 is 11.3 Å². The Balaban J connectivity index is 1.69. The van der Waals surface area contributed by atoms with Crippen molar-refractivity contribution in [1.29, 1.82) is 0 Å². The molecule has 0 unspecified atom stereocenters. The van der Waals surface area contributed by atoms with E-state index in [2.05, 4.69) is 20.9 Å². The van der Waals surface area contributed by atoms with Crippen LogP contribution in [-0.4, -0.2) is 35.9 Å². The molecule has 21 heavy (non-hydrogen) atoms. The number of carbonyl (C=O) groups is 2. The lowest BCUT2D eigenvalue weighted by atomic mass is 10.3.